The predicted octanol–water partition coefficient (Wildman–Crippen LogP) is 1.82. The standard InChI is InChI=1S/C19H22N2O6/c1-19(2)26-17(23)15(18(24)27-19)12-9-10-13(21(12)3)16(22)20-11-7-5-6-8-14(11)25-4/h5-8,13H,9-10H2,1-4H3,(H,20,22). The van der Waals surface area contributed by atoms with Gasteiger partial charge < -0.3 is 24.4 Å². The third-order valence-corrected chi connectivity index (χ3v) is 4.59. The van der Waals surface area contributed by atoms with Gasteiger partial charge in [-0.2, -0.15) is 0 Å². The van der Waals surface area contributed by atoms with Crippen LogP contribution in [0.1, 0.15) is 26.7 Å². The lowest BCUT2D eigenvalue weighted by Gasteiger charge is -2.32. The molecule has 0 radical (unpaired) electrons. The molecule has 8 heteroatoms. The Kier molecular flexibility index (Phi) is 4.82. The summed E-state index contributed by atoms with van der Waals surface area (Å²) in [6.45, 7) is 2.98. The van der Waals surface area contributed by atoms with E-state index in [9.17, 15) is 14.4 Å². The SMILES string of the molecule is COc1ccccc1NC(=O)C1CCC(=C2C(=O)OC(C)(C)OC2=O)N1C. The Labute approximate surface area is 157 Å². The predicted molar refractivity (Wildman–Crippen MR) is 95.7 cm³/mol. The van der Waals surface area contributed by atoms with Gasteiger partial charge in [0.1, 0.15) is 11.8 Å². The van der Waals surface area contributed by atoms with Crippen molar-refractivity contribution >= 4 is 23.5 Å². The molecule has 2 heterocycles. The van der Waals surface area contributed by atoms with Crippen LogP contribution in [-0.2, 0) is 23.9 Å². The number of ether oxygens (including phenoxy) is 3. The van der Waals surface area contributed by atoms with E-state index in [4.69, 9.17) is 14.2 Å². The summed E-state index contributed by atoms with van der Waals surface area (Å²) in [4.78, 5) is 38.9. The smallest absolute Gasteiger partial charge is 0.350 e. The zero-order valence-electron chi connectivity index (χ0n) is 15.7. The number of nitrogens with zero attached hydrogens (tertiary/aromatic N) is 1. The first kappa shape index (κ1) is 18.8. The zero-order chi connectivity index (χ0) is 19.8. The number of para-hydroxylation sites is 2. The van der Waals surface area contributed by atoms with Crippen LogP contribution < -0.4 is 10.1 Å². The van der Waals surface area contributed by atoms with Gasteiger partial charge in [0.05, 0.1) is 12.8 Å². The van der Waals surface area contributed by atoms with E-state index in [1.165, 1.54) is 21.0 Å². The first-order chi connectivity index (χ1) is 12.7. The maximum absolute atomic E-state index is 12.7. The van der Waals surface area contributed by atoms with Crippen LogP contribution in [0.5, 0.6) is 5.75 Å². The molecule has 1 amide bonds. The minimum absolute atomic E-state index is 0.149. The summed E-state index contributed by atoms with van der Waals surface area (Å²) in [6, 6.07) is 6.55. The molecule has 1 unspecified atom stereocenters. The Morgan fingerprint density at radius 3 is 2.48 bits per heavy atom. The number of methoxy groups -OCH3 is 1. The average Bonchev–Trinajstić information content (AvgIpc) is 2.95. The van der Waals surface area contributed by atoms with Gasteiger partial charge in [0.25, 0.3) is 5.79 Å². The van der Waals surface area contributed by atoms with Crippen molar-refractivity contribution in [2.45, 2.75) is 38.5 Å². The maximum Gasteiger partial charge on any atom is 0.350 e. The fraction of sp³-hybridized carbons (Fsp3) is 0.421. The van der Waals surface area contributed by atoms with Crippen molar-refractivity contribution in [1.82, 2.24) is 4.90 Å². The third-order valence-electron chi connectivity index (χ3n) is 4.59. The number of esters is 2. The van der Waals surface area contributed by atoms with Gasteiger partial charge in [-0.15, -0.1) is 0 Å². The van der Waals surface area contributed by atoms with Crippen molar-refractivity contribution in [3.8, 4) is 5.75 Å². The van der Waals surface area contributed by atoms with Crippen molar-refractivity contribution in [2.75, 3.05) is 19.5 Å². The van der Waals surface area contributed by atoms with Crippen LogP contribution in [0.4, 0.5) is 5.69 Å². The number of amides is 1. The van der Waals surface area contributed by atoms with E-state index in [1.54, 1.807) is 36.2 Å². The third kappa shape index (κ3) is 3.60. The minimum atomic E-state index is -1.30. The number of hydrogen-bond acceptors (Lipinski definition) is 7. The molecule has 0 bridgehead atoms. The largest absolute Gasteiger partial charge is 0.495 e. The van der Waals surface area contributed by atoms with Crippen LogP contribution in [0.3, 0.4) is 0 Å². The van der Waals surface area contributed by atoms with Crippen LogP contribution in [0.15, 0.2) is 35.5 Å². The van der Waals surface area contributed by atoms with Gasteiger partial charge in [-0.1, -0.05) is 12.1 Å². The van der Waals surface area contributed by atoms with E-state index in [0.29, 0.717) is 30.0 Å². The molecule has 2 aliphatic heterocycles. The Morgan fingerprint density at radius 2 is 1.85 bits per heavy atom. The molecule has 2 saturated heterocycles. The second-order valence-electron chi connectivity index (χ2n) is 6.86. The second-order valence-corrected chi connectivity index (χ2v) is 6.86. The van der Waals surface area contributed by atoms with Crippen LogP contribution in [0.2, 0.25) is 0 Å². The summed E-state index contributed by atoms with van der Waals surface area (Å²) in [5.41, 5.74) is 0.850. The number of anilines is 1. The maximum atomic E-state index is 12.7. The second kappa shape index (κ2) is 6.94. The van der Waals surface area contributed by atoms with Gasteiger partial charge in [-0.05, 0) is 25.0 Å². The molecule has 144 valence electrons. The number of nitrogens with one attached hydrogen (secondary N) is 1. The number of benzene rings is 1. The van der Waals surface area contributed by atoms with E-state index in [0.717, 1.165) is 0 Å². The summed E-state index contributed by atoms with van der Waals surface area (Å²) < 4.78 is 15.6. The van der Waals surface area contributed by atoms with Crippen LogP contribution >= 0.6 is 0 Å². The van der Waals surface area contributed by atoms with Crippen molar-refractivity contribution in [2.24, 2.45) is 0 Å². The molecular formula is C19H22N2O6. The van der Waals surface area contributed by atoms with E-state index < -0.39 is 23.8 Å². The van der Waals surface area contributed by atoms with E-state index >= 15 is 0 Å². The molecule has 2 aliphatic rings. The van der Waals surface area contributed by atoms with Gasteiger partial charge in [0.15, 0.2) is 5.57 Å². The Bertz CT molecular complexity index is 807. The number of cyclic esters (lactones) is 2. The zero-order valence-corrected chi connectivity index (χ0v) is 15.7. The molecule has 1 atom stereocenters. The number of hydrogen-bond donors (Lipinski definition) is 1. The molecule has 1 aromatic carbocycles. The minimum Gasteiger partial charge on any atom is -0.495 e. The summed E-state index contributed by atoms with van der Waals surface area (Å²) >= 11 is 0. The number of carbonyl (C=O) groups is 3. The van der Waals surface area contributed by atoms with E-state index in [1.807, 2.05) is 0 Å². The first-order valence-corrected chi connectivity index (χ1v) is 8.60. The topological polar surface area (TPSA) is 94.2 Å². The molecule has 27 heavy (non-hydrogen) atoms. The van der Waals surface area contributed by atoms with Gasteiger partial charge in [0.2, 0.25) is 5.91 Å². The summed E-state index contributed by atoms with van der Waals surface area (Å²) in [5, 5.41) is 2.83. The monoisotopic (exact) mass is 374 g/mol. The lowest BCUT2D eigenvalue weighted by Crippen LogP contribution is -2.44. The summed E-state index contributed by atoms with van der Waals surface area (Å²) in [6.07, 6.45) is 0.848. The molecule has 1 aromatic rings. The highest BCUT2D eigenvalue weighted by Crippen LogP contribution is 2.34. The number of likely N-dealkylation sites (tertiary alicyclic amines) is 1. The highest BCUT2D eigenvalue weighted by atomic mass is 16.7. The fourth-order valence-electron chi connectivity index (χ4n) is 3.29. The molecule has 0 saturated carbocycles. The van der Waals surface area contributed by atoms with Gasteiger partial charge in [-0.25, -0.2) is 9.59 Å². The van der Waals surface area contributed by atoms with E-state index in [2.05, 4.69) is 5.32 Å². The molecule has 0 spiro atoms. The van der Waals surface area contributed by atoms with Gasteiger partial charge in [-0.3, -0.25) is 4.79 Å². The van der Waals surface area contributed by atoms with Crippen LogP contribution in [0, 0.1) is 0 Å². The Balaban J connectivity index is 1.80. The molecule has 2 fully saturated rings. The quantitative estimate of drug-likeness (QED) is 0.490. The molecule has 8 nitrogen and oxygen atoms in total. The Hall–Kier alpha value is -3.03. The first-order valence-electron chi connectivity index (χ1n) is 8.60. The van der Waals surface area contributed by atoms with E-state index in [-0.39, 0.29) is 11.5 Å². The molecule has 1 N–H and O–H groups in total. The van der Waals surface area contributed by atoms with Crippen molar-refractivity contribution < 1.29 is 28.6 Å². The number of carbonyl (C=O) groups excluding carboxylic acids is 3. The van der Waals surface area contributed by atoms with Crippen molar-refractivity contribution in [1.29, 1.82) is 0 Å². The molecule has 3 rings (SSSR count). The molecular weight excluding hydrogens is 352 g/mol. The molecule has 0 aromatic heterocycles. The molecule has 0 aliphatic carbocycles. The number of allylic oxidation sites excluding steroid dienone is 1. The van der Waals surface area contributed by atoms with Crippen molar-refractivity contribution in [3.63, 3.8) is 0 Å². The summed E-state index contributed by atoms with van der Waals surface area (Å²) in [5.74, 6) is -2.47. The lowest BCUT2D eigenvalue weighted by molar-refractivity contribution is -0.222. The highest BCUT2D eigenvalue weighted by molar-refractivity contribution is 6.16. The number of likely N-dealkylation sites (N-methyl/N-ethyl adjacent to an activating group) is 1. The normalized spacial score (nSPS) is 21.6. The highest BCUT2D eigenvalue weighted by Gasteiger charge is 2.44. The average molecular weight is 374 g/mol. The van der Waals surface area contributed by atoms with Gasteiger partial charge >= 0.3 is 11.9 Å². The van der Waals surface area contributed by atoms with Gasteiger partial charge in [0, 0.05) is 26.6 Å². The lowest BCUT2D eigenvalue weighted by atomic mass is 10.1. The van der Waals surface area contributed by atoms with Crippen LogP contribution in [-0.4, -0.2) is 48.7 Å². The van der Waals surface area contributed by atoms with Crippen molar-refractivity contribution in [3.05, 3.63) is 35.5 Å². The number of rotatable bonds is 3. The Morgan fingerprint density at radius 1 is 1.22 bits per heavy atom. The fourth-order valence-corrected chi connectivity index (χ4v) is 3.29. The van der Waals surface area contributed by atoms with Crippen LogP contribution in [0.25, 0.3) is 0 Å². The summed E-state index contributed by atoms with van der Waals surface area (Å²) in [7, 11) is 3.19.